The largest absolute Gasteiger partial charge is 0.484 e. The Bertz CT molecular complexity index is 2600. The summed E-state index contributed by atoms with van der Waals surface area (Å²) in [5.41, 5.74) is 13.3. The molecule has 0 N–H and O–H groups in total. The summed E-state index contributed by atoms with van der Waals surface area (Å²) in [6, 6.07) is 60.2. The maximum absolute atomic E-state index is 6.50. The van der Waals surface area contributed by atoms with E-state index in [1.54, 1.807) is 0 Å². The molecule has 2 aliphatic rings. The summed E-state index contributed by atoms with van der Waals surface area (Å²) < 4.78 is 12.9. The Morgan fingerprint density at radius 3 is 1.86 bits per heavy atom. The Kier molecular flexibility index (Phi) is 6.95. The number of furan rings is 1. The van der Waals surface area contributed by atoms with Crippen molar-refractivity contribution in [1.82, 2.24) is 0 Å². The van der Waals surface area contributed by atoms with Crippen molar-refractivity contribution >= 4 is 44.6 Å². The molecule has 0 saturated carbocycles. The Labute approximate surface area is 297 Å². The molecule has 2 unspecified atom stereocenters. The molecule has 2 atom stereocenters. The minimum atomic E-state index is -0.0244. The lowest BCUT2D eigenvalue weighted by atomic mass is 9.84. The summed E-state index contributed by atoms with van der Waals surface area (Å²) in [5, 5.41) is 2.27. The number of anilines is 3. The van der Waals surface area contributed by atoms with E-state index >= 15 is 0 Å². The van der Waals surface area contributed by atoms with E-state index < -0.39 is 0 Å². The first kappa shape index (κ1) is 29.3. The third kappa shape index (κ3) is 5.05. The van der Waals surface area contributed by atoms with Crippen LogP contribution in [0.2, 0.25) is 0 Å². The zero-order valence-electron chi connectivity index (χ0n) is 27.8. The first-order valence-corrected chi connectivity index (χ1v) is 17.5. The van der Waals surface area contributed by atoms with Gasteiger partial charge >= 0.3 is 0 Å². The molecule has 3 heteroatoms. The highest BCUT2D eigenvalue weighted by molar-refractivity contribution is 6.09. The van der Waals surface area contributed by atoms with Gasteiger partial charge in [0.05, 0.1) is 0 Å². The van der Waals surface area contributed by atoms with Crippen LogP contribution >= 0.6 is 0 Å². The van der Waals surface area contributed by atoms with Gasteiger partial charge in [0.2, 0.25) is 0 Å². The van der Waals surface area contributed by atoms with Crippen molar-refractivity contribution in [1.29, 1.82) is 0 Å². The minimum Gasteiger partial charge on any atom is -0.484 e. The van der Waals surface area contributed by atoms with E-state index in [1.807, 2.05) is 18.2 Å². The lowest BCUT2D eigenvalue weighted by molar-refractivity contribution is 0.258. The van der Waals surface area contributed by atoms with Gasteiger partial charge in [-0.25, -0.2) is 0 Å². The lowest BCUT2D eigenvalue weighted by Crippen LogP contribution is -2.23. The predicted molar refractivity (Wildman–Crippen MR) is 210 cm³/mol. The molecule has 0 saturated heterocycles. The molecule has 0 amide bonds. The Hall–Kier alpha value is -6.58. The third-order valence-corrected chi connectivity index (χ3v) is 10.3. The second-order valence-corrected chi connectivity index (χ2v) is 13.2. The highest BCUT2D eigenvalue weighted by Gasteiger charge is 2.35. The van der Waals surface area contributed by atoms with Gasteiger partial charge in [0.15, 0.2) is 0 Å². The number of hydrogen-bond donors (Lipinski definition) is 0. The molecule has 10 rings (SSSR count). The normalized spacial score (nSPS) is 16.0. The highest BCUT2D eigenvalue weighted by atomic mass is 16.5. The second-order valence-electron chi connectivity index (χ2n) is 13.2. The zero-order valence-corrected chi connectivity index (χ0v) is 27.8. The molecule has 1 aliphatic heterocycles. The van der Waals surface area contributed by atoms with Gasteiger partial charge in [-0.2, -0.15) is 0 Å². The van der Waals surface area contributed by atoms with Crippen LogP contribution in [-0.2, 0) is 0 Å². The number of hydrogen-bond acceptors (Lipinski definition) is 3. The van der Waals surface area contributed by atoms with Gasteiger partial charge in [-0.3, -0.25) is 0 Å². The first-order valence-electron chi connectivity index (χ1n) is 17.5. The van der Waals surface area contributed by atoms with Crippen LogP contribution < -0.4 is 9.64 Å². The molecule has 2 heterocycles. The first-order chi connectivity index (χ1) is 25.3. The lowest BCUT2D eigenvalue weighted by Gasteiger charge is -2.28. The Balaban J connectivity index is 1.01. The minimum absolute atomic E-state index is 0.0244. The molecule has 0 bridgehead atoms. The van der Waals surface area contributed by atoms with Crippen LogP contribution in [0.4, 0.5) is 17.1 Å². The van der Waals surface area contributed by atoms with Gasteiger partial charge in [-0.1, -0.05) is 140 Å². The molecule has 0 spiro atoms. The van der Waals surface area contributed by atoms with E-state index in [2.05, 4.69) is 175 Å². The van der Waals surface area contributed by atoms with Gasteiger partial charge in [0.25, 0.3) is 0 Å². The fourth-order valence-corrected chi connectivity index (χ4v) is 7.77. The van der Waals surface area contributed by atoms with E-state index in [0.717, 1.165) is 55.9 Å². The van der Waals surface area contributed by atoms with E-state index in [4.69, 9.17) is 9.15 Å². The van der Waals surface area contributed by atoms with Crippen molar-refractivity contribution in [2.45, 2.75) is 12.0 Å². The smallest absolute Gasteiger partial charge is 0.143 e. The van der Waals surface area contributed by atoms with Crippen molar-refractivity contribution in [3.8, 4) is 28.0 Å². The number of para-hydroxylation sites is 3. The number of allylic oxidation sites excluding steroid dienone is 2. The van der Waals surface area contributed by atoms with Crippen LogP contribution in [0.1, 0.15) is 17.0 Å². The SMILES string of the molecule is C1=CC(c2ccc(N(c3ccc(-c4ccccc4)cc3)c3ccc(-c4cccc5c4oc4ccccc45)cc3)cc2)C2Oc3ccccc3C2=C1. The molecule has 1 aliphatic carbocycles. The van der Waals surface area contributed by atoms with Gasteiger partial charge in [-0.15, -0.1) is 0 Å². The predicted octanol–water partition coefficient (Wildman–Crippen LogP) is 12.9. The standard InChI is InChI=1S/C48H33NO2/c1-2-10-32(11-3-1)33-20-26-36(27-21-33)49(37-28-22-34(23-29-37)39-14-8-16-43-41-12-4-6-18-45(41)50-47(39)43)38-30-24-35(25-31-38)40-15-9-17-44-42-13-5-7-19-46(42)51-48(40)44/h1-31,39,47H. The van der Waals surface area contributed by atoms with Crippen LogP contribution in [0.5, 0.6) is 5.75 Å². The fourth-order valence-electron chi connectivity index (χ4n) is 7.77. The van der Waals surface area contributed by atoms with Crippen molar-refractivity contribution in [3.05, 3.63) is 199 Å². The van der Waals surface area contributed by atoms with Gasteiger partial charge in [-0.05, 0) is 70.8 Å². The molecule has 3 nitrogen and oxygen atoms in total. The summed E-state index contributed by atoms with van der Waals surface area (Å²) in [7, 11) is 0. The Morgan fingerprint density at radius 1 is 0.471 bits per heavy atom. The molecular formula is C48H33NO2. The molecule has 8 aromatic rings. The van der Waals surface area contributed by atoms with Crippen molar-refractivity contribution in [2.75, 3.05) is 4.90 Å². The average Bonchev–Trinajstić information content (AvgIpc) is 3.78. The van der Waals surface area contributed by atoms with Crippen molar-refractivity contribution in [2.24, 2.45) is 0 Å². The number of ether oxygens (including phenoxy) is 1. The molecule has 242 valence electrons. The van der Waals surface area contributed by atoms with Crippen LogP contribution in [-0.4, -0.2) is 6.10 Å². The number of rotatable bonds is 6. The summed E-state index contributed by atoms with van der Waals surface area (Å²) in [5.74, 6) is 1.09. The van der Waals surface area contributed by atoms with E-state index in [0.29, 0.717) is 0 Å². The quantitative estimate of drug-likeness (QED) is 0.178. The molecular weight excluding hydrogens is 623 g/mol. The maximum Gasteiger partial charge on any atom is 0.143 e. The second kappa shape index (κ2) is 12.1. The topological polar surface area (TPSA) is 25.6 Å². The van der Waals surface area contributed by atoms with Gasteiger partial charge in [0.1, 0.15) is 23.0 Å². The average molecular weight is 656 g/mol. The monoisotopic (exact) mass is 655 g/mol. The summed E-state index contributed by atoms with van der Waals surface area (Å²) in [4.78, 5) is 2.33. The van der Waals surface area contributed by atoms with Gasteiger partial charge in [0, 0.05) is 50.5 Å². The number of fused-ring (bicyclic) bond motifs is 6. The molecule has 51 heavy (non-hydrogen) atoms. The third-order valence-electron chi connectivity index (χ3n) is 10.3. The maximum atomic E-state index is 6.50. The molecule has 7 aromatic carbocycles. The zero-order chi connectivity index (χ0) is 33.7. The van der Waals surface area contributed by atoms with E-state index in [9.17, 15) is 0 Å². The summed E-state index contributed by atoms with van der Waals surface area (Å²) >= 11 is 0. The van der Waals surface area contributed by atoms with Crippen LogP contribution in [0.15, 0.2) is 193 Å². The van der Waals surface area contributed by atoms with E-state index in [-0.39, 0.29) is 12.0 Å². The molecule has 0 fully saturated rings. The molecule has 0 radical (unpaired) electrons. The van der Waals surface area contributed by atoms with Gasteiger partial charge < -0.3 is 14.1 Å². The van der Waals surface area contributed by atoms with Crippen LogP contribution in [0.25, 0.3) is 49.8 Å². The summed E-state index contributed by atoms with van der Waals surface area (Å²) in [6.45, 7) is 0. The highest BCUT2D eigenvalue weighted by Crippen LogP contribution is 2.46. The van der Waals surface area contributed by atoms with Crippen LogP contribution in [0, 0.1) is 0 Å². The van der Waals surface area contributed by atoms with Crippen molar-refractivity contribution < 1.29 is 9.15 Å². The Morgan fingerprint density at radius 2 is 1.08 bits per heavy atom. The summed E-state index contributed by atoms with van der Waals surface area (Å²) in [6.07, 6.45) is 6.60. The number of benzene rings is 7. The molecule has 1 aromatic heterocycles. The fraction of sp³-hybridized carbons (Fsp3) is 0.0417. The number of nitrogens with zero attached hydrogens (tertiary/aromatic N) is 1. The van der Waals surface area contributed by atoms with Crippen molar-refractivity contribution in [3.63, 3.8) is 0 Å². The van der Waals surface area contributed by atoms with Crippen LogP contribution in [0.3, 0.4) is 0 Å². The van der Waals surface area contributed by atoms with E-state index in [1.165, 1.54) is 27.8 Å².